The summed E-state index contributed by atoms with van der Waals surface area (Å²) in [5.41, 5.74) is 0. The molecule has 0 amide bonds. The van der Waals surface area contributed by atoms with Gasteiger partial charge < -0.3 is 4.74 Å². The molecule has 16 heavy (non-hydrogen) atoms. The van der Waals surface area contributed by atoms with Gasteiger partial charge in [-0.05, 0) is 24.3 Å². The van der Waals surface area contributed by atoms with Crippen LogP contribution in [-0.2, 0) is 6.42 Å². The normalized spacial score (nSPS) is 9.75. The zero-order valence-corrected chi connectivity index (χ0v) is 9.89. The third-order valence-electron chi connectivity index (χ3n) is 1.94. The summed E-state index contributed by atoms with van der Waals surface area (Å²) in [7, 11) is 0. The van der Waals surface area contributed by atoms with E-state index in [1.54, 1.807) is 6.07 Å². The predicted octanol–water partition coefficient (Wildman–Crippen LogP) is 4.26. The first-order valence-electron chi connectivity index (χ1n) is 4.67. The first kappa shape index (κ1) is 11.0. The Balaban J connectivity index is 2.15. The molecular weight excluding hydrogens is 242 g/mol. The van der Waals surface area contributed by atoms with Gasteiger partial charge in [-0.3, -0.25) is 0 Å². The quantitative estimate of drug-likeness (QED) is 0.814. The Morgan fingerprint density at radius 3 is 2.81 bits per heavy atom. The smallest absolute Gasteiger partial charge is 0.181 e. The molecule has 0 saturated carbocycles. The van der Waals surface area contributed by atoms with Gasteiger partial charge in [0.25, 0.3) is 0 Å². The number of thiophene rings is 1. The fourth-order valence-electron chi connectivity index (χ4n) is 1.22. The molecule has 0 N–H and O–H groups in total. The van der Waals surface area contributed by atoms with Crippen LogP contribution in [0.25, 0.3) is 0 Å². The van der Waals surface area contributed by atoms with Gasteiger partial charge >= 0.3 is 0 Å². The SMILES string of the molecule is N#CCc1ccc(Oc2ccccc2Cl)s1. The van der Waals surface area contributed by atoms with Gasteiger partial charge in [-0.25, -0.2) is 0 Å². The summed E-state index contributed by atoms with van der Waals surface area (Å²) in [6, 6.07) is 13.1. The van der Waals surface area contributed by atoms with E-state index in [-0.39, 0.29) is 0 Å². The number of benzene rings is 1. The molecule has 0 saturated heterocycles. The molecule has 1 aromatic carbocycles. The van der Waals surface area contributed by atoms with Crippen molar-refractivity contribution >= 4 is 22.9 Å². The Kier molecular flexibility index (Phi) is 3.45. The van der Waals surface area contributed by atoms with Crippen molar-refractivity contribution in [3.05, 3.63) is 46.3 Å². The third kappa shape index (κ3) is 2.54. The first-order valence-corrected chi connectivity index (χ1v) is 5.87. The molecule has 0 unspecified atom stereocenters. The molecular formula is C12H8ClNOS. The second-order valence-corrected chi connectivity index (χ2v) is 4.63. The molecule has 0 aliphatic heterocycles. The first-order chi connectivity index (χ1) is 7.79. The lowest BCUT2D eigenvalue weighted by molar-refractivity contribution is 0.497. The minimum absolute atomic E-state index is 0.413. The van der Waals surface area contributed by atoms with Gasteiger partial charge in [0.2, 0.25) is 0 Å². The molecule has 2 nitrogen and oxygen atoms in total. The second-order valence-electron chi connectivity index (χ2n) is 3.09. The minimum atomic E-state index is 0.413. The fourth-order valence-corrected chi connectivity index (χ4v) is 2.19. The Hall–Kier alpha value is -1.50. The van der Waals surface area contributed by atoms with Crippen LogP contribution in [0.2, 0.25) is 5.02 Å². The molecule has 0 fully saturated rings. The number of hydrogen-bond donors (Lipinski definition) is 0. The van der Waals surface area contributed by atoms with Crippen molar-refractivity contribution in [1.29, 1.82) is 5.26 Å². The highest BCUT2D eigenvalue weighted by molar-refractivity contribution is 7.13. The van der Waals surface area contributed by atoms with Crippen LogP contribution in [0.3, 0.4) is 0 Å². The van der Waals surface area contributed by atoms with E-state index in [1.807, 2.05) is 30.3 Å². The maximum Gasteiger partial charge on any atom is 0.181 e. The molecule has 4 heteroatoms. The predicted molar refractivity (Wildman–Crippen MR) is 65.2 cm³/mol. The Morgan fingerprint density at radius 1 is 1.25 bits per heavy atom. The molecule has 2 aromatic rings. The molecule has 80 valence electrons. The highest BCUT2D eigenvalue weighted by Crippen LogP contribution is 2.33. The van der Waals surface area contributed by atoms with E-state index in [9.17, 15) is 0 Å². The Labute approximate surface area is 103 Å². The van der Waals surface area contributed by atoms with E-state index in [4.69, 9.17) is 21.6 Å². The summed E-state index contributed by atoms with van der Waals surface area (Å²) >= 11 is 7.43. The molecule has 0 aliphatic rings. The van der Waals surface area contributed by atoms with Gasteiger partial charge in [-0.2, -0.15) is 5.26 Å². The largest absolute Gasteiger partial charge is 0.445 e. The standard InChI is InChI=1S/C12H8ClNOS/c13-10-3-1-2-4-11(10)15-12-6-5-9(16-12)7-8-14/h1-6H,7H2. The molecule has 1 aromatic heterocycles. The number of hydrogen-bond acceptors (Lipinski definition) is 3. The van der Waals surface area contributed by atoms with Gasteiger partial charge in [0.15, 0.2) is 5.06 Å². The fraction of sp³-hybridized carbons (Fsp3) is 0.0833. The van der Waals surface area contributed by atoms with Crippen molar-refractivity contribution in [1.82, 2.24) is 0 Å². The van der Waals surface area contributed by atoms with Gasteiger partial charge in [-0.1, -0.05) is 23.7 Å². The zero-order chi connectivity index (χ0) is 11.4. The monoisotopic (exact) mass is 249 g/mol. The minimum Gasteiger partial charge on any atom is -0.445 e. The van der Waals surface area contributed by atoms with Crippen LogP contribution in [0, 0.1) is 11.3 Å². The Morgan fingerprint density at radius 2 is 2.06 bits per heavy atom. The average Bonchev–Trinajstić information content (AvgIpc) is 2.70. The maximum absolute atomic E-state index is 8.56. The van der Waals surface area contributed by atoms with E-state index in [2.05, 4.69) is 6.07 Å². The van der Waals surface area contributed by atoms with Crippen molar-refractivity contribution in [2.45, 2.75) is 6.42 Å². The highest BCUT2D eigenvalue weighted by Gasteiger charge is 2.04. The molecule has 0 atom stereocenters. The van der Waals surface area contributed by atoms with Crippen molar-refractivity contribution in [2.75, 3.05) is 0 Å². The van der Waals surface area contributed by atoms with Gasteiger partial charge in [-0.15, -0.1) is 11.3 Å². The molecule has 0 bridgehead atoms. The lowest BCUT2D eigenvalue weighted by atomic mass is 10.3. The molecule has 0 spiro atoms. The van der Waals surface area contributed by atoms with Crippen LogP contribution in [0.4, 0.5) is 0 Å². The van der Waals surface area contributed by atoms with Crippen LogP contribution >= 0.6 is 22.9 Å². The number of nitrogens with zero attached hydrogens (tertiary/aromatic N) is 1. The molecule has 0 radical (unpaired) electrons. The van der Waals surface area contributed by atoms with E-state index in [0.717, 1.165) is 9.94 Å². The van der Waals surface area contributed by atoms with E-state index < -0.39 is 0 Å². The van der Waals surface area contributed by atoms with E-state index >= 15 is 0 Å². The third-order valence-corrected chi connectivity index (χ3v) is 3.21. The van der Waals surface area contributed by atoms with Gasteiger partial charge in [0.1, 0.15) is 5.75 Å². The van der Waals surface area contributed by atoms with Gasteiger partial charge in [0.05, 0.1) is 17.5 Å². The Bertz CT molecular complexity index is 530. The molecule has 1 heterocycles. The molecule has 0 aliphatic carbocycles. The van der Waals surface area contributed by atoms with Crippen LogP contribution in [0.15, 0.2) is 36.4 Å². The summed E-state index contributed by atoms with van der Waals surface area (Å²) in [4.78, 5) is 0.990. The summed E-state index contributed by atoms with van der Waals surface area (Å²) in [5, 5.41) is 9.89. The van der Waals surface area contributed by atoms with Crippen molar-refractivity contribution in [2.24, 2.45) is 0 Å². The van der Waals surface area contributed by atoms with Crippen LogP contribution in [0.5, 0.6) is 10.8 Å². The highest BCUT2D eigenvalue weighted by atomic mass is 35.5. The number of nitriles is 1. The van der Waals surface area contributed by atoms with E-state index in [0.29, 0.717) is 17.2 Å². The second kappa shape index (κ2) is 5.02. The van der Waals surface area contributed by atoms with Crippen LogP contribution in [-0.4, -0.2) is 0 Å². The number of para-hydroxylation sites is 1. The van der Waals surface area contributed by atoms with Crippen molar-refractivity contribution in [3.63, 3.8) is 0 Å². The summed E-state index contributed by atoms with van der Waals surface area (Å²) in [6.07, 6.45) is 0.413. The topological polar surface area (TPSA) is 33.0 Å². The maximum atomic E-state index is 8.56. The number of halogens is 1. The number of rotatable bonds is 3. The average molecular weight is 250 g/mol. The lowest BCUT2D eigenvalue weighted by Crippen LogP contribution is -1.80. The van der Waals surface area contributed by atoms with Crippen LogP contribution < -0.4 is 4.74 Å². The molecule has 2 rings (SSSR count). The lowest BCUT2D eigenvalue weighted by Gasteiger charge is -2.03. The van der Waals surface area contributed by atoms with E-state index in [1.165, 1.54) is 11.3 Å². The number of ether oxygens (including phenoxy) is 1. The van der Waals surface area contributed by atoms with Crippen molar-refractivity contribution in [3.8, 4) is 16.9 Å². The summed E-state index contributed by atoms with van der Waals surface area (Å²) in [5.74, 6) is 0.634. The zero-order valence-electron chi connectivity index (χ0n) is 8.31. The summed E-state index contributed by atoms with van der Waals surface area (Å²) < 4.78 is 5.61. The van der Waals surface area contributed by atoms with Crippen LogP contribution in [0.1, 0.15) is 4.88 Å². The van der Waals surface area contributed by atoms with Crippen molar-refractivity contribution < 1.29 is 4.74 Å². The summed E-state index contributed by atoms with van der Waals surface area (Å²) in [6.45, 7) is 0. The van der Waals surface area contributed by atoms with Gasteiger partial charge in [0, 0.05) is 4.88 Å².